The van der Waals surface area contributed by atoms with Crippen molar-refractivity contribution in [1.29, 1.82) is 0 Å². The number of fused-ring (bicyclic) bond motifs is 3. The van der Waals surface area contributed by atoms with E-state index in [2.05, 4.69) is 41.1 Å². The molecule has 2 amide bonds. The van der Waals surface area contributed by atoms with E-state index in [1.54, 1.807) is 31.2 Å². The molecule has 6 rings (SSSR count). The molecule has 2 aromatic heterocycles. The second kappa shape index (κ2) is 10.8. The number of nitrogens with zero attached hydrogens (tertiary/aromatic N) is 4. The Morgan fingerprint density at radius 2 is 1.76 bits per heavy atom. The number of amides is 2. The molecule has 1 aliphatic heterocycles. The Kier molecular flexibility index (Phi) is 6.89. The SMILES string of the molecule is CCOC(=O)c1cccc(NC(=O)N2Cc3c(C)nn(-c4ccccc4)c3-n3cccc3[C@@H]2c2cccc(C)c2)c1. The summed E-state index contributed by atoms with van der Waals surface area (Å²) in [6.07, 6.45) is 2.03. The molecule has 0 unspecified atom stereocenters. The van der Waals surface area contributed by atoms with E-state index in [4.69, 9.17) is 9.84 Å². The second-order valence-corrected chi connectivity index (χ2v) is 10.1. The molecule has 41 heavy (non-hydrogen) atoms. The Balaban J connectivity index is 1.48. The first kappa shape index (κ1) is 26.1. The standard InChI is InChI=1S/C33H31N5O3/c1-4-41-32(39)25-13-9-14-26(20-25)34-33(40)37-21-28-23(3)35-38(27-15-6-5-7-16-27)31(28)36-18-10-17-29(36)30(37)24-12-8-11-22(2)19-24/h5-20,30H,4,21H2,1-3H3,(H,34,40)/t30-/m0/s1. The van der Waals surface area contributed by atoms with Gasteiger partial charge in [0.2, 0.25) is 0 Å². The molecule has 1 aliphatic rings. The summed E-state index contributed by atoms with van der Waals surface area (Å²) in [5.74, 6) is 0.480. The highest BCUT2D eigenvalue weighted by molar-refractivity contribution is 5.94. The number of hydrogen-bond acceptors (Lipinski definition) is 4. The molecule has 3 aromatic carbocycles. The lowest BCUT2D eigenvalue weighted by Crippen LogP contribution is -2.38. The van der Waals surface area contributed by atoms with Crippen LogP contribution in [0, 0.1) is 13.8 Å². The van der Waals surface area contributed by atoms with Crippen LogP contribution in [0.15, 0.2) is 97.2 Å². The zero-order chi connectivity index (χ0) is 28.5. The topological polar surface area (TPSA) is 81.4 Å². The number of carbonyl (C=O) groups excluding carboxylic acids is 2. The van der Waals surface area contributed by atoms with E-state index in [0.29, 0.717) is 17.8 Å². The van der Waals surface area contributed by atoms with Crippen LogP contribution >= 0.6 is 0 Å². The lowest BCUT2D eigenvalue weighted by atomic mass is 10.00. The van der Waals surface area contributed by atoms with E-state index < -0.39 is 5.97 Å². The first-order valence-corrected chi connectivity index (χ1v) is 13.7. The number of aromatic nitrogens is 3. The lowest BCUT2D eigenvalue weighted by Gasteiger charge is -2.31. The minimum atomic E-state index is -0.428. The van der Waals surface area contributed by atoms with Gasteiger partial charge in [-0.15, -0.1) is 0 Å². The number of anilines is 1. The van der Waals surface area contributed by atoms with Gasteiger partial charge in [0.1, 0.15) is 5.82 Å². The van der Waals surface area contributed by atoms with Crippen LogP contribution in [0.4, 0.5) is 10.5 Å². The van der Waals surface area contributed by atoms with Crippen molar-refractivity contribution in [2.24, 2.45) is 0 Å². The normalized spacial score (nSPS) is 14.1. The van der Waals surface area contributed by atoms with E-state index in [1.165, 1.54) is 0 Å². The Morgan fingerprint density at radius 3 is 2.54 bits per heavy atom. The summed E-state index contributed by atoms with van der Waals surface area (Å²) in [6.45, 7) is 6.40. The van der Waals surface area contributed by atoms with E-state index in [0.717, 1.165) is 39.6 Å². The Labute approximate surface area is 238 Å². The van der Waals surface area contributed by atoms with Crippen LogP contribution in [-0.4, -0.2) is 37.9 Å². The minimum Gasteiger partial charge on any atom is -0.462 e. The molecule has 8 nitrogen and oxygen atoms in total. The predicted molar refractivity (Wildman–Crippen MR) is 158 cm³/mol. The molecule has 5 aromatic rings. The van der Waals surface area contributed by atoms with Gasteiger partial charge in [0.15, 0.2) is 0 Å². The molecule has 0 aliphatic carbocycles. The summed E-state index contributed by atoms with van der Waals surface area (Å²) in [5, 5.41) is 7.95. The zero-order valence-electron chi connectivity index (χ0n) is 23.2. The summed E-state index contributed by atoms with van der Waals surface area (Å²) in [6, 6.07) is 28.5. The summed E-state index contributed by atoms with van der Waals surface area (Å²) in [7, 11) is 0. The highest BCUT2D eigenvalue weighted by Crippen LogP contribution is 2.39. The van der Waals surface area contributed by atoms with Gasteiger partial charge in [-0.3, -0.25) is 0 Å². The average Bonchev–Trinajstić information content (AvgIpc) is 3.54. The molecule has 0 radical (unpaired) electrons. The number of hydrogen-bond donors (Lipinski definition) is 1. The van der Waals surface area contributed by atoms with Crippen molar-refractivity contribution in [2.45, 2.75) is 33.4 Å². The maximum Gasteiger partial charge on any atom is 0.338 e. The highest BCUT2D eigenvalue weighted by atomic mass is 16.5. The van der Waals surface area contributed by atoms with E-state index in [-0.39, 0.29) is 18.7 Å². The van der Waals surface area contributed by atoms with Crippen LogP contribution in [0.1, 0.15) is 51.4 Å². The molecular weight excluding hydrogens is 514 g/mol. The summed E-state index contributed by atoms with van der Waals surface area (Å²) >= 11 is 0. The van der Waals surface area contributed by atoms with Crippen molar-refractivity contribution in [2.75, 3.05) is 11.9 Å². The van der Waals surface area contributed by atoms with E-state index >= 15 is 0 Å². The number of para-hydroxylation sites is 1. The highest BCUT2D eigenvalue weighted by Gasteiger charge is 2.36. The molecular formula is C33H31N5O3. The van der Waals surface area contributed by atoms with Crippen LogP contribution in [0.3, 0.4) is 0 Å². The first-order valence-electron chi connectivity index (χ1n) is 13.7. The Morgan fingerprint density at radius 1 is 0.951 bits per heavy atom. The van der Waals surface area contributed by atoms with Crippen LogP contribution in [0.25, 0.3) is 11.5 Å². The molecule has 206 valence electrons. The number of aryl methyl sites for hydroxylation is 2. The minimum absolute atomic E-state index is 0.277. The van der Waals surface area contributed by atoms with Crippen LogP contribution < -0.4 is 5.32 Å². The molecule has 3 heterocycles. The quantitative estimate of drug-likeness (QED) is 0.253. The third-order valence-corrected chi connectivity index (χ3v) is 7.33. The van der Waals surface area contributed by atoms with Crippen LogP contribution in [0.2, 0.25) is 0 Å². The number of urea groups is 1. The fourth-order valence-electron chi connectivity index (χ4n) is 5.47. The average molecular weight is 546 g/mol. The van der Waals surface area contributed by atoms with Gasteiger partial charge in [-0.2, -0.15) is 5.10 Å². The monoisotopic (exact) mass is 545 g/mol. The smallest absolute Gasteiger partial charge is 0.338 e. The van der Waals surface area contributed by atoms with Crippen molar-refractivity contribution in [3.8, 4) is 11.5 Å². The number of benzene rings is 3. The second-order valence-electron chi connectivity index (χ2n) is 10.1. The van der Waals surface area contributed by atoms with Gasteiger partial charge in [-0.05, 0) is 68.8 Å². The fraction of sp³-hybridized carbons (Fsp3) is 0.182. The molecule has 0 saturated heterocycles. The fourth-order valence-corrected chi connectivity index (χ4v) is 5.47. The molecule has 0 saturated carbocycles. The first-order chi connectivity index (χ1) is 19.9. The van der Waals surface area contributed by atoms with Crippen molar-refractivity contribution >= 4 is 17.7 Å². The molecule has 0 fully saturated rings. The van der Waals surface area contributed by atoms with Crippen molar-refractivity contribution in [3.63, 3.8) is 0 Å². The number of ether oxygens (including phenoxy) is 1. The Hall–Kier alpha value is -5.11. The van der Waals surface area contributed by atoms with Gasteiger partial charge >= 0.3 is 12.0 Å². The van der Waals surface area contributed by atoms with Gasteiger partial charge in [0, 0.05) is 17.4 Å². The third-order valence-electron chi connectivity index (χ3n) is 7.33. The van der Waals surface area contributed by atoms with Crippen molar-refractivity contribution in [3.05, 3.63) is 131 Å². The number of carbonyl (C=O) groups is 2. The predicted octanol–water partition coefficient (Wildman–Crippen LogP) is 6.59. The summed E-state index contributed by atoms with van der Waals surface area (Å²) < 4.78 is 9.25. The van der Waals surface area contributed by atoms with Gasteiger partial charge in [0.25, 0.3) is 0 Å². The van der Waals surface area contributed by atoms with Crippen molar-refractivity contribution in [1.82, 2.24) is 19.2 Å². The molecule has 0 spiro atoms. The van der Waals surface area contributed by atoms with Crippen LogP contribution in [-0.2, 0) is 11.3 Å². The molecule has 8 heteroatoms. The summed E-state index contributed by atoms with van der Waals surface area (Å²) in [4.78, 5) is 28.4. The maximum absolute atomic E-state index is 14.2. The van der Waals surface area contributed by atoms with Gasteiger partial charge in [0.05, 0.1) is 41.8 Å². The number of nitrogens with one attached hydrogen (secondary N) is 1. The van der Waals surface area contributed by atoms with Crippen molar-refractivity contribution < 1.29 is 14.3 Å². The maximum atomic E-state index is 14.2. The zero-order valence-corrected chi connectivity index (χ0v) is 23.2. The summed E-state index contributed by atoms with van der Waals surface area (Å²) in [5.41, 5.74) is 6.69. The van der Waals surface area contributed by atoms with Gasteiger partial charge in [-0.25, -0.2) is 14.3 Å². The molecule has 1 atom stereocenters. The Bertz CT molecular complexity index is 1740. The largest absolute Gasteiger partial charge is 0.462 e. The van der Waals surface area contributed by atoms with Gasteiger partial charge in [-0.1, -0.05) is 54.1 Å². The number of rotatable bonds is 5. The third kappa shape index (κ3) is 4.89. The number of esters is 1. The van der Waals surface area contributed by atoms with Gasteiger partial charge < -0.3 is 19.5 Å². The van der Waals surface area contributed by atoms with Crippen LogP contribution in [0.5, 0.6) is 0 Å². The molecule has 0 bridgehead atoms. The lowest BCUT2D eigenvalue weighted by molar-refractivity contribution is 0.0526. The molecule has 1 N–H and O–H groups in total. The van der Waals surface area contributed by atoms with E-state index in [1.807, 2.05) is 65.2 Å². The van der Waals surface area contributed by atoms with E-state index in [9.17, 15) is 9.59 Å².